The Balaban J connectivity index is 1.72. The maximum Gasteiger partial charge on any atom is 0.127 e. The summed E-state index contributed by atoms with van der Waals surface area (Å²) in [5, 5.41) is -0.310. The molecule has 0 saturated carbocycles. The minimum atomic E-state index is -0.310. The summed E-state index contributed by atoms with van der Waals surface area (Å²) in [6.07, 6.45) is 4.16. The van der Waals surface area contributed by atoms with Crippen LogP contribution < -0.4 is 14.2 Å². The summed E-state index contributed by atoms with van der Waals surface area (Å²) in [5.74, 6) is 2.28. The fourth-order valence-corrected chi connectivity index (χ4v) is 3.09. The van der Waals surface area contributed by atoms with Crippen LogP contribution in [0.3, 0.4) is 0 Å². The predicted octanol–water partition coefficient (Wildman–Crippen LogP) is 5.29. The molecule has 2 aromatic rings. The largest absolute Gasteiger partial charge is 0.497 e. The zero-order valence-electron chi connectivity index (χ0n) is 14.4. The first kappa shape index (κ1) is 17.5. The second-order valence-corrected chi connectivity index (χ2v) is 6.26. The fraction of sp³-hybridized carbons (Fsp3) is 0.286. The van der Waals surface area contributed by atoms with Gasteiger partial charge in [-0.2, -0.15) is 0 Å². The van der Waals surface area contributed by atoms with Gasteiger partial charge in [0.05, 0.1) is 19.6 Å². The van der Waals surface area contributed by atoms with Gasteiger partial charge in [-0.05, 0) is 48.7 Å². The lowest BCUT2D eigenvalue weighted by atomic mass is 10.0. The number of halogens is 1. The quantitative estimate of drug-likeness (QED) is 0.498. The van der Waals surface area contributed by atoms with Crippen molar-refractivity contribution in [2.24, 2.45) is 0 Å². The molecule has 25 heavy (non-hydrogen) atoms. The summed E-state index contributed by atoms with van der Waals surface area (Å²) < 4.78 is 16.5. The lowest BCUT2D eigenvalue weighted by Crippen LogP contribution is -2.01. The summed E-state index contributed by atoms with van der Waals surface area (Å²) in [6, 6.07) is 13.5. The van der Waals surface area contributed by atoms with Gasteiger partial charge in [0, 0.05) is 17.2 Å². The first-order chi connectivity index (χ1) is 12.2. The predicted molar refractivity (Wildman–Crippen MR) is 100 cm³/mol. The van der Waals surface area contributed by atoms with Crippen molar-refractivity contribution in [3.8, 4) is 17.2 Å². The number of hydrogen-bond acceptors (Lipinski definition) is 3. The van der Waals surface area contributed by atoms with E-state index in [0.717, 1.165) is 35.5 Å². The average Bonchev–Trinajstić information content (AvgIpc) is 3.19. The molecule has 130 valence electrons. The van der Waals surface area contributed by atoms with Crippen molar-refractivity contribution >= 4 is 11.6 Å². The summed E-state index contributed by atoms with van der Waals surface area (Å²) in [5.41, 5.74) is 6.32. The van der Waals surface area contributed by atoms with Crippen LogP contribution in [0.2, 0.25) is 0 Å². The van der Waals surface area contributed by atoms with Gasteiger partial charge in [0.15, 0.2) is 0 Å². The van der Waals surface area contributed by atoms with Crippen LogP contribution in [0, 0.1) is 0 Å². The van der Waals surface area contributed by atoms with Gasteiger partial charge in [0.25, 0.3) is 0 Å². The summed E-state index contributed by atoms with van der Waals surface area (Å²) in [4.78, 5) is 0. The number of hydrogen-bond donors (Lipinski definition) is 0. The van der Waals surface area contributed by atoms with E-state index >= 15 is 0 Å². The highest BCUT2D eigenvalue weighted by Gasteiger charge is 2.16. The van der Waals surface area contributed by atoms with Gasteiger partial charge in [-0.1, -0.05) is 12.1 Å². The smallest absolute Gasteiger partial charge is 0.127 e. The molecule has 4 heteroatoms. The lowest BCUT2D eigenvalue weighted by Gasteiger charge is -2.16. The molecule has 3 nitrogen and oxygen atoms in total. The Morgan fingerprint density at radius 1 is 1.04 bits per heavy atom. The standard InChI is InChI=1S/C21H21ClO3/c1-23-18-11-12-19(20(13-18)24-2)21(22)16-7-9-17(10-8-16)25-14-15-5-3-4-6-15/h3,7-13,21H,4,6,14H2,1-2H3. The van der Waals surface area contributed by atoms with E-state index in [0.29, 0.717) is 12.4 Å². The molecule has 0 amide bonds. The van der Waals surface area contributed by atoms with Crippen molar-refractivity contribution in [1.29, 1.82) is 0 Å². The van der Waals surface area contributed by atoms with Crippen molar-refractivity contribution in [2.75, 3.05) is 20.8 Å². The number of methoxy groups -OCH3 is 2. The van der Waals surface area contributed by atoms with Crippen LogP contribution >= 0.6 is 11.6 Å². The van der Waals surface area contributed by atoms with Gasteiger partial charge in [0.2, 0.25) is 0 Å². The van der Waals surface area contributed by atoms with Gasteiger partial charge in [-0.25, -0.2) is 0 Å². The Labute approximate surface area is 153 Å². The highest BCUT2D eigenvalue weighted by molar-refractivity contribution is 6.22. The topological polar surface area (TPSA) is 27.7 Å². The van der Waals surface area contributed by atoms with Crippen LogP contribution in [0.5, 0.6) is 17.2 Å². The van der Waals surface area contributed by atoms with Gasteiger partial charge in [-0.15, -0.1) is 17.3 Å². The SMILES string of the molecule is COc1ccc(C(Cl)c2ccc(OCC3=C=CCC3)cc2)c(OC)c1. The average molecular weight is 357 g/mol. The second-order valence-electron chi connectivity index (χ2n) is 5.82. The molecule has 1 atom stereocenters. The van der Waals surface area contributed by atoms with Crippen LogP contribution in [0.15, 0.2) is 59.8 Å². The zero-order chi connectivity index (χ0) is 17.6. The van der Waals surface area contributed by atoms with Crippen LogP contribution in [0.1, 0.15) is 29.3 Å². The number of benzene rings is 2. The minimum absolute atomic E-state index is 0.310. The van der Waals surface area contributed by atoms with Crippen LogP contribution in [-0.2, 0) is 0 Å². The molecule has 0 spiro atoms. The van der Waals surface area contributed by atoms with Gasteiger partial charge >= 0.3 is 0 Å². The Bertz CT molecular complexity index is 789. The first-order valence-electron chi connectivity index (χ1n) is 8.23. The van der Waals surface area contributed by atoms with Crippen molar-refractivity contribution in [1.82, 2.24) is 0 Å². The maximum absolute atomic E-state index is 6.66. The minimum Gasteiger partial charge on any atom is -0.497 e. The Morgan fingerprint density at radius 2 is 1.80 bits per heavy atom. The van der Waals surface area contributed by atoms with Gasteiger partial charge in [-0.3, -0.25) is 0 Å². The summed E-state index contributed by atoms with van der Waals surface area (Å²) >= 11 is 6.66. The molecule has 2 aromatic carbocycles. The van der Waals surface area contributed by atoms with Crippen molar-refractivity contribution in [3.63, 3.8) is 0 Å². The molecule has 1 unspecified atom stereocenters. The Morgan fingerprint density at radius 3 is 2.44 bits per heavy atom. The van der Waals surface area contributed by atoms with Crippen molar-refractivity contribution in [3.05, 3.63) is 71.0 Å². The van der Waals surface area contributed by atoms with Crippen LogP contribution in [0.25, 0.3) is 0 Å². The third-order valence-electron chi connectivity index (χ3n) is 4.20. The van der Waals surface area contributed by atoms with Crippen molar-refractivity contribution < 1.29 is 14.2 Å². The molecule has 1 aliphatic rings. The number of alkyl halides is 1. The molecule has 1 aliphatic carbocycles. The molecule has 0 aromatic heterocycles. The number of rotatable bonds is 7. The van der Waals surface area contributed by atoms with E-state index in [2.05, 4.69) is 11.8 Å². The molecule has 0 heterocycles. The normalized spacial score (nSPS) is 14.1. The highest BCUT2D eigenvalue weighted by Crippen LogP contribution is 2.37. The third-order valence-corrected chi connectivity index (χ3v) is 4.68. The van der Waals surface area contributed by atoms with E-state index in [4.69, 9.17) is 25.8 Å². The molecular formula is C21H21ClO3. The molecule has 0 fully saturated rings. The van der Waals surface area contributed by atoms with E-state index < -0.39 is 0 Å². The zero-order valence-corrected chi connectivity index (χ0v) is 15.2. The van der Waals surface area contributed by atoms with Gasteiger partial charge in [0.1, 0.15) is 23.9 Å². The van der Waals surface area contributed by atoms with Crippen LogP contribution in [0.4, 0.5) is 0 Å². The lowest BCUT2D eigenvalue weighted by molar-refractivity contribution is 0.349. The fourth-order valence-electron chi connectivity index (χ4n) is 2.76. The molecular weight excluding hydrogens is 336 g/mol. The highest BCUT2D eigenvalue weighted by atomic mass is 35.5. The summed E-state index contributed by atoms with van der Waals surface area (Å²) in [7, 11) is 3.26. The molecule has 0 saturated heterocycles. The van der Waals surface area contributed by atoms with E-state index in [1.807, 2.05) is 42.5 Å². The van der Waals surface area contributed by atoms with E-state index in [9.17, 15) is 0 Å². The molecule has 0 aliphatic heterocycles. The van der Waals surface area contributed by atoms with E-state index in [1.54, 1.807) is 14.2 Å². The first-order valence-corrected chi connectivity index (χ1v) is 8.66. The van der Waals surface area contributed by atoms with Crippen molar-refractivity contribution in [2.45, 2.75) is 18.2 Å². The molecule has 3 rings (SSSR count). The van der Waals surface area contributed by atoms with E-state index in [1.165, 1.54) is 5.57 Å². The van der Waals surface area contributed by atoms with Crippen LogP contribution in [-0.4, -0.2) is 20.8 Å². The number of ether oxygens (including phenoxy) is 3. The molecule has 0 bridgehead atoms. The Hall–Kier alpha value is -2.35. The second kappa shape index (κ2) is 8.15. The monoisotopic (exact) mass is 356 g/mol. The Kier molecular flexibility index (Phi) is 5.70. The molecule has 0 radical (unpaired) electrons. The molecule has 0 N–H and O–H groups in total. The van der Waals surface area contributed by atoms with Gasteiger partial charge < -0.3 is 14.2 Å². The maximum atomic E-state index is 6.66. The van der Waals surface area contributed by atoms with E-state index in [-0.39, 0.29) is 5.38 Å². The third kappa shape index (κ3) is 4.19. The summed E-state index contributed by atoms with van der Waals surface area (Å²) in [6.45, 7) is 0.590.